The molecular formula is C18H17NO. The molecule has 0 aliphatic rings. The summed E-state index contributed by atoms with van der Waals surface area (Å²) in [6.45, 7) is 4.12. The largest absolute Gasteiger partial charge is 0.360 e. The number of hydrogen-bond donors (Lipinski definition) is 1. The van der Waals surface area contributed by atoms with Gasteiger partial charge < -0.3 is 4.98 Å². The van der Waals surface area contributed by atoms with Crippen LogP contribution in [0.2, 0.25) is 0 Å². The number of carbonyl (C=O) groups excluding carboxylic acids is 1. The van der Waals surface area contributed by atoms with E-state index in [2.05, 4.69) is 18.0 Å². The molecule has 0 saturated carbocycles. The van der Waals surface area contributed by atoms with Crippen LogP contribution >= 0.6 is 0 Å². The number of aromatic amines is 1. The van der Waals surface area contributed by atoms with Gasteiger partial charge in [-0.2, -0.15) is 0 Å². The highest BCUT2D eigenvalue weighted by molar-refractivity contribution is 6.16. The normalized spacial score (nSPS) is 10.9. The lowest BCUT2D eigenvalue weighted by molar-refractivity contribution is 0.104. The van der Waals surface area contributed by atoms with Crippen molar-refractivity contribution < 1.29 is 4.79 Å². The molecule has 0 bridgehead atoms. The van der Waals surface area contributed by atoms with Crippen molar-refractivity contribution in [1.82, 2.24) is 4.98 Å². The maximum atomic E-state index is 12.7. The summed E-state index contributed by atoms with van der Waals surface area (Å²) in [5, 5.41) is 1.01. The second-order valence-corrected chi connectivity index (χ2v) is 5.09. The van der Waals surface area contributed by atoms with Crippen molar-refractivity contribution in [3.63, 3.8) is 0 Å². The van der Waals surface area contributed by atoms with Gasteiger partial charge in [-0.3, -0.25) is 4.79 Å². The summed E-state index contributed by atoms with van der Waals surface area (Å²) in [5.41, 5.74) is 4.91. The van der Waals surface area contributed by atoms with Gasteiger partial charge in [0.05, 0.1) is 0 Å². The predicted molar refractivity (Wildman–Crippen MR) is 82.3 cm³/mol. The summed E-state index contributed by atoms with van der Waals surface area (Å²) >= 11 is 0. The van der Waals surface area contributed by atoms with E-state index in [0.29, 0.717) is 0 Å². The van der Waals surface area contributed by atoms with E-state index in [1.54, 1.807) is 0 Å². The monoisotopic (exact) mass is 263 g/mol. The van der Waals surface area contributed by atoms with Crippen molar-refractivity contribution in [3.05, 3.63) is 70.9 Å². The first-order valence-electron chi connectivity index (χ1n) is 6.91. The molecule has 0 aliphatic heterocycles. The lowest BCUT2D eigenvalue weighted by atomic mass is 10.00. The van der Waals surface area contributed by atoms with Crippen molar-refractivity contribution in [1.29, 1.82) is 0 Å². The predicted octanol–water partition coefficient (Wildman–Crippen LogP) is 4.27. The Kier molecular flexibility index (Phi) is 3.15. The average Bonchev–Trinajstić information content (AvgIpc) is 2.90. The summed E-state index contributed by atoms with van der Waals surface area (Å²) < 4.78 is 0. The van der Waals surface area contributed by atoms with Crippen molar-refractivity contribution in [2.45, 2.75) is 20.3 Å². The fraction of sp³-hybridized carbons (Fsp3) is 0.167. The number of carbonyl (C=O) groups is 1. The number of para-hydroxylation sites is 1. The van der Waals surface area contributed by atoms with Crippen LogP contribution in [0.3, 0.4) is 0 Å². The highest BCUT2D eigenvalue weighted by Gasteiger charge is 2.15. The summed E-state index contributed by atoms with van der Waals surface area (Å²) in [6.07, 6.45) is 2.78. The second-order valence-electron chi connectivity index (χ2n) is 5.09. The molecule has 2 nitrogen and oxygen atoms in total. The molecule has 0 atom stereocenters. The first-order chi connectivity index (χ1) is 9.70. The van der Waals surface area contributed by atoms with Gasteiger partial charge in [0.2, 0.25) is 0 Å². The first-order valence-corrected chi connectivity index (χ1v) is 6.91. The van der Waals surface area contributed by atoms with Gasteiger partial charge in [0.25, 0.3) is 0 Å². The topological polar surface area (TPSA) is 32.9 Å². The number of fused-ring (bicyclic) bond motifs is 1. The van der Waals surface area contributed by atoms with Crippen molar-refractivity contribution in [2.24, 2.45) is 0 Å². The quantitative estimate of drug-likeness (QED) is 0.703. The zero-order chi connectivity index (χ0) is 14.1. The molecule has 0 unspecified atom stereocenters. The zero-order valence-corrected chi connectivity index (χ0v) is 11.7. The third-order valence-corrected chi connectivity index (χ3v) is 3.71. The van der Waals surface area contributed by atoms with E-state index in [9.17, 15) is 4.79 Å². The molecular weight excluding hydrogens is 246 g/mol. The molecule has 100 valence electrons. The Bertz CT molecular complexity index is 783. The molecule has 0 amide bonds. The molecule has 1 N–H and O–H groups in total. The van der Waals surface area contributed by atoms with Crippen LogP contribution < -0.4 is 0 Å². The van der Waals surface area contributed by atoms with Crippen LogP contribution in [0.5, 0.6) is 0 Å². The molecule has 3 rings (SSSR count). The summed E-state index contributed by atoms with van der Waals surface area (Å²) in [5.74, 6) is 0.0770. The molecule has 0 aliphatic carbocycles. The van der Waals surface area contributed by atoms with Crippen LogP contribution in [0.25, 0.3) is 10.9 Å². The van der Waals surface area contributed by atoms with E-state index >= 15 is 0 Å². The van der Waals surface area contributed by atoms with Gasteiger partial charge in [-0.25, -0.2) is 0 Å². The lowest BCUT2D eigenvalue weighted by Crippen LogP contribution is -2.00. The van der Waals surface area contributed by atoms with Crippen LogP contribution in [0.1, 0.15) is 34.0 Å². The van der Waals surface area contributed by atoms with Crippen molar-refractivity contribution >= 4 is 16.7 Å². The smallest absolute Gasteiger partial charge is 0.195 e. The SMILES string of the molecule is CCc1cccc2c(C(=O)c3cccc(C)c3)c[nH]c12. The third-order valence-electron chi connectivity index (χ3n) is 3.71. The lowest BCUT2D eigenvalue weighted by Gasteiger charge is -2.02. The fourth-order valence-electron chi connectivity index (χ4n) is 2.64. The number of aryl methyl sites for hydroxylation is 2. The van der Waals surface area contributed by atoms with Crippen LogP contribution in [0.4, 0.5) is 0 Å². The van der Waals surface area contributed by atoms with Gasteiger partial charge in [-0.05, 0) is 25.0 Å². The second kappa shape index (κ2) is 4.97. The van der Waals surface area contributed by atoms with E-state index in [4.69, 9.17) is 0 Å². The van der Waals surface area contributed by atoms with E-state index in [1.807, 2.05) is 49.5 Å². The highest BCUT2D eigenvalue weighted by atomic mass is 16.1. The van der Waals surface area contributed by atoms with Crippen LogP contribution in [-0.2, 0) is 6.42 Å². The minimum Gasteiger partial charge on any atom is -0.360 e. The fourth-order valence-corrected chi connectivity index (χ4v) is 2.64. The minimum absolute atomic E-state index is 0.0770. The van der Waals surface area contributed by atoms with E-state index in [-0.39, 0.29) is 5.78 Å². The maximum absolute atomic E-state index is 12.7. The van der Waals surface area contributed by atoms with Gasteiger partial charge in [-0.15, -0.1) is 0 Å². The number of aromatic nitrogens is 1. The maximum Gasteiger partial charge on any atom is 0.195 e. The number of ketones is 1. The molecule has 3 aromatic rings. The van der Waals surface area contributed by atoms with Crippen molar-refractivity contribution in [2.75, 3.05) is 0 Å². The van der Waals surface area contributed by atoms with Crippen LogP contribution in [0.15, 0.2) is 48.7 Å². The Morgan fingerprint density at radius 1 is 1.15 bits per heavy atom. The van der Waals surface area contributed by atoms with Gasteiger partial charge in [0.1, 0.15) is 0 Å². The number of rotatable bonds is 3. The number of benzene rings is 2. The molecule has 0 saturated heterocycles. The number of hydrogen-bond acceptors (Lipinski definition) is 1. The Hall–Kier alpha value is -2.35. The molecule has 0 spiro atoms. The Morgan fingerprint density at radius 2 is 1.95 bits per heavy atom. The Morgan fingerprint density at radius 3 is 2.70 bits per heavy atom. The highest BCUT2D eigenvalue weighted by Crippen LogP contribution is 2.24. The molecule has 0 fully saturated rings. The molecule has 1 aromatic heterocycles. The standard InChI is InChI=1S/C18H17NO/c1-3-13-7-5-9-15-16(11-19-17(13)15)18(20)14-8-4-6-12(2)10-14/h4-11,19H,3H2,1-2H3. The van der Waals surface area contributed by atoms with Gasteiger partial charge in [0, 0.05) is 28.2 Å². The molecule has 2 aromatic carbocycles. The summed E-state index contributed by atoms with van der Waals surface area (Å²) in [4.78, 5) is 15.9. The molecule has 20 heavy (non-hydrogen) atoms. The molecule has 2 heteroatoms. The van der Waals surface area contributed by atoms with Crippen molar-refractivity contribution in [3.8, 4) is 0 Å². The van der Waals surface area contributed by atoms with E-state index < -0.39 is 0 Å². The van der Waals surface area contributed by atoms with Gasteiger partial charge >= 0.3 is 0 Å². The molecule has 0 radical (unpaired) electrons. The van der Waals surface area contributed by atoms with Gasteiger partial charge in [-0.1, -0.05) is 48.9 Å². The Balaban J connectivity index is 2.13. The minimum atomic E-state index is 0.0770. The third kappa shape index (κ3) is 2.03. The number of H-pyrrole nitrogens is 1. The summed E-state index contributed by atoms with van der Waals surface area (Å²) in [6, 6.07) is 13.9. The van der Waals surface area contributed by atoms with Crippen LogP contribution in [-0.4, -0.2) is 10.8 Å². The molecule has 1 heterocycles. The van der Waals surface area contributed by atoms with E-state index in [0.717, 1.165) is 34.0 Å². The van der Waals surface area contributed by atoms with E-state index in [1.165, 1.54) is 5.56 Å². The van der Waals surface area contributed by atoms with Crippen LogP contribution in [0, 0.1) is 6.92 Å². The van der Waals surface area contributed by atoms with Gasteiger partial charge in [0.15, 0.2) is 5.78 Å². The average molecular weight is 263 g/mol. The zero-order valence-electron chi connectivity index (χ0n) is 11.7. The number of nitrogens with one attached hydrogen (secondary N) is 1. The summed E-state index contributed by atoms with van der Waals surface area (Å²) in [7, 11) is 0. The Labute approximate surface area is 118 Å². The first kappa shape index (κ1) is 12.7.